The van der Waals surface area contributed by atoms with Gasteiger partial charge in [0.25, 0.3) is 0 Å². The average Bonchev–Trinajstić information content (AvgIpc) is 3.13. The molecule has 0 amide bonds. The van der Waals surface area contributed by atoms with Gasteiger partial charge in [-0.05, 0) is 37.1 Å². The molecule has 6 heteroatoms. The second-order valence-corrected chi connectivity index (χ2v) is 8.53. The van der Waals surface area contributed by atoms with Gasteiger partial charge in [0.15, 0.2) is 0 Å². The number of thiophene rings is 1. The third kappa shape index (κ3) is 4.52. The minimum Gasteiger partial charge on any atom is -0.309 e. The molecule has 1 aromatic heterocycles. The summed E-state index contributed by atoms with van der Waals surface area (Å²) < 4.78 is 28.0. The maximum absolute atomic E-state index is 12.6. The van der Waals surface area contributed by atoms with Crippen molar-refractivity contribution >= 4 is 21.4 Å². The zero-order valence-corrected chi connectivity index (χ0v) is 14.7. The maximum Gasteiger partial charge on any atom is 0.241 e. The summed E-state index contributed by atoms with van der Waals surface area (Å²) in [5.74, 6) is 0.381. The molecular weight excluding hydrogens is 304 g/mol. The molecule has 1 aliphatic carbocycles. The molecule has 0 bridgehead atoms. The quantitative estimate of drug-likeness (QED) is 0.731. The fourth-order valence-electron chi connectivity index (χ4n) is 2.62. The Morgan fingerprint density at radius 1 is 1.33 bits per heavy atom. The SMILES string of the molecule is CCC(CC)C(C)NS(=O)(=O)c1ccsc1CNC1CC1. The predicted molar refractivity (Wildman–Crippen MR) is 88.0 cm³/mol. The Balaban J connectivity index is 2.06. The van der Waals surface area contributed by atoms with Crippen LogP contribution in [0.5, 0.6) is 0 Å². The molecular formula is C15H26N2O2S2. The molecule has 0 radical (unpaired) electrons. The molecule has 1 aromatic rings. The number of sulfonamides is 1. The molecule has 0 saturated heterocycles. The normalized spacial score (nSPS) is 17.3. The van der Waals surface area contributed by atoms with Gasteiger partial charge in [-0.15, -0.1) is 11.3 Å². The van der Waals surface area contributed by atoms with Crippen LogP contribution < -0.4 is 10.0 Å². The van der Waals surface area contributed by atoms with Gasteiger partial charge in [-0.1, -0.05) is 26.7 Å². The first-order valence-electron chi connectivity index (χ1n) is 7.80. The molecule has 2 rings (SSSR count). The molecule has 0 aromatic carbocycles. The molecule has 0 aliphatic heterocycles. The van der Waals surface area contributed by atoms with E-state index in [9.17, 15) is 8.42 Å². The van der Waals surface area contributed by atoms with Crippen LogP contribution in [0.1, 0.15) is 51.3 Å². The van der Waals surface area contributed by atoms with Crippen LogP contribution in [0, 0.1) is 5.92 Å². The first-order valence-corrected chi connectivity index (χ1v) is 10.2. The van der Waals surface area contributed by atoms with E-state index in [-0.39, 0.29) is 6.04 Å². The van der Waals surface area contributed by atoms with Gasteiger partial charge in [0.2, 0.25) is 10.0 Å². The molecule has 1 heterocycles. The van der Waals surface area contributed by atoms with Gasteiger partial charge in [0, 0.05) is 23.5 Å². The minimum atomic E-state index is -3.42. The monoisotopic (exact) mass is 330 g/mol. The van der Waals surface area contributed by atoms with Crippen LogP contribution in [0.3, 0.4) is 0 Å². The van der Waals surface area contributed by atoms with Gasteiger partial charge in [0.1, 0.15) is 0 Å². The smallest absolute Gasteiger partial charge is 0.241 e. The first-order chi connectivity index (χ1) is 9.97. The fraction of sp³-hybridized carbons (Fsp3) is 0.733. The topological polar surface area (TPSA) is 58.2 Å². The van der Waals surface area contributed by atoms with Crippen molar-refractivity contribution in [3.63, 3.8) is 0 Å². The van der Waals surface area contributed by atoms with E-state index in [0.717, 1.165) is 17.7 Å². The summed E-state index contributed by atoms with van der Waals surface area (Å²) in [7, 11) is -3.42. The molecule has 1 aliphatic rings. The highest BCUT2D eigenvalue weighted by molar-refractivity contribution is 7.89. The Morgan fingerprint density at radius 3 is 2.57 bits per heavy atom. The lowest BCUT2D eigenvalue weighted by Gasteiger charge is -2.22. The van der Waals surface area contributed by atoms with E-state index in [1.165, 1.54) is 24.2 Å². The van der Waals surface area contributed by atoms with E-state index in [2.05, 4.69) is 23.9 Å². The second-order valence-electron chi connectivity index (χ2n) is 5.85. The predicted octanol–water partition coefficient (Wildman–Crippen LogP) is 3.10. The molecule has 1 unspecified atom stereocenters. The van der Waals surface area contributed by atoms with Crippen LogP contribution in [0.2, 0.25) is 0 Å². The maximum atomic E-state index is 12.6. The van der Waals surface area contributed by atoms with Gasteiger partial charge in [0.05, 0.1) is 4.90 Å². The summed E-state index contributed by atoms with van der Waals surface area (Å²) in [5.41, 5.74) is 0. The van der Waals surface area contributed by atoms with Crippen molar-refractivity contribution in [3.8, 4) is 0 Å². The van der Waals surface area contributed by atoms with Crippen LogP contribution in [0.25, 0.3) is 0 Å². The van der Waals surface area contributed by atoms with E-state index in [1.54, 1.807) is 6.07 Å². The molecule has 0 spiro atoms. The summed E-state index contributed by atoms with van der Waals surface area (Å²) in [6.07, 6.45) is 4.38. The largest absolute Gasteiger partial charge is 0.309 e. The van der Waals surface area contributed by atoms with E-state index in [1.807, 2.05) is 12.3 Å². The van der Waals surface area contributed by atoms with Gasteiger partial charge < -0.3 is 5.32 Å². The Labute approximate surface area is 132 Å². The van der Waals surface area contributed by atoms with Crippen LogP contribution in [0.15, 0.2) is 16.3 Å². The minimum absolute atomic E-state index is 0.0332. The van der Waals surface area contributed by atoms with Crippen LogP contribution in [-0.4, -0.2) is 20.5 Å². The summed E-state index contributed by atoms with van der Waals surface area (Å²) >= 11 is 1.51. The highest BCUT2D eigenvalue weighted by Gasteiger charge is 2.26. The fourth-order valence-corrected chi connectivity index (χ4v) is 5.33. The van der Waals surface area contributed by atoms with E-state index in [4.69, 9.17) is 0 Å². The molecule has 4 nitrogen and oxygen atoms in total. The lowest BCUT2D eigenvalue weighted by Crippen LogP contribution is -2.38. The lowest BCUT2D eigenvalue weighted by molar-refractivity contribution is 0.390. The van der Waals surface area contributed by atoms with E-state index in [0.29, 0.717) is 23.4 Å². The van der Waals surface area contributed by atoms with Crippen LogP contribution in [0.4, 0.5) is 0 Å². The summed E-state index contributed by atoms with van der Waals surface area (Å²) in [4.78, 5) is 1.35. The van der Waals surface area contributed by atoms with E-state index < -0.39 is 10.0 Å². The van der Waals surface area contributed by atoms with Crippen molar-refractivity contribution < 1.29 is 8.42 Å². The summed E-state index contributed by atoms with van der Waals surface area (Å²) in [6, 6.07) is 2.27. The van der Waals surface area contributed by atoms with Crippen molar-refractivity contribution in [2.24, 2.45) is 5.92 Å². The molecule has 120 valence electrons. The van der Waals surface area contributed by atoms with Crippen molar-refractivity contribution in [3.05, 3.63) is 16.3 Å². The summed E-state index contributed by atoms with van der Waals surface area (Å²) in [5, 5.41) is 5.25. The van der Waals surface area contributed by atoms with Crippen molar-refractivity contribution in [2.45, 2.75) is 70.0 Å². The van der Waals surface area contributed by atoms with Gasteiger partial charge in [-0.25, -0.2) is 13.1 Å². The van der Waals surface area contributed by atoms with Gasteiger partial charge >= 0.3 is 0 Å². The van der Waals surface area contributed by atoms with Crippen molar-refractivity contribution in [2.75, 3.05) is 0 Å². The lowest BCUT2D eigenvalue weighted by atomic mass is 9.96. The van der Waals surface area contributed by atoms with Gasteiger partial charge in [-0.3, -0.25) is 0 Å². The zero-order chi connectivity index (χ0) is 15.5. The zero-order valence-electron chi connectivity index (χ0n) is 13.1. The Morgan fingerprint density at radius 2 is 2.00 bits per heavy atom. The van der Waals surface area contributed by atoms with E-state index >= 15 is 0 Å². The molecule has 1 atom stereocenters. The van der Waals surface area contributed by atoms with Gasteiger partial charge in [-0.2, -0.15) is 0 Å². The highest BCUT2D eigenvalue weighted by Crippen LogP contribution is 2.25. The standard InChI is InChI=1S/C15H26N2O2S2/c1-4-12(5-2)11(3)17-21(18,19)15-8-9-20-14(15)10-16-13-6-7-13/h8-9,11-13,16-17H,4-7,10H2,1-3H3. The van der Waals surface area contributed by atoms with Crippen LogP contribution >= 0.6 is 11.3 Å². The second kappa shape index (κ2) is 7.22. The number of hydrogen-bond acceptors (Lipinski definition) is 4. The molecule has 1 saturated carbocycles. The highest BCUT2D eigenvalue weighted by atomic mass is 32.2. The third-order valence-electron chi connectivity index (χ3n) is 4.22. The molecule has 1 fully saturated rings. The summed E-state index contributed by atoms with van der Waals surface area (Å²) in [6.45, 7) is 6.82. The van der Waals surface area contributed by atoms with Crippen LogP contribution in [-0.2, 0) is 16.6 Å². The molecule has 21 heavy (non-hydrogen) atoms. The third-order valence-corrected chi connectivity index (χ3v) is 6.91. The number of nitrogens with one attached hydrogen (secondary N) is 2. The number of hydrogen-bond donors (Lipinski definition) is 2. The Bertz CT molecular complexity index is 546. The Kier molecular flexibility index (Phi) is 5.82. The Hall–Kier alpha value is -0.430. The average molecular weight is 331 g/mol. The van der Waals surface area contributed by atoms with Crippen molar-refractivity contribution in [1.29, 1.82) is 0 Å². The first kappa shape index (κ1) is 16.9. The molecule has 2 N–H and O–H groups in total. The number of rotatable bonds is 9. The van der Waals surface area contributed by atoms with Crippen molar-refractivity contribution in [1.82, 2.24) is 10.0 Å².